The minimum atomic E-state index is -0.127. The van der Waals surface area contributed by atoms with Crippen molar-refractivity contribution >= 4 is 34.5 Å². The predicted molar refractivity (Wildman–Crippen MR) is 135 cm³/mol. The van der Waals surface area contributed by atoms with Crippen LogP contribution in [-0.4, -0.2) is 36.9 Å². The van der Waals surface area contributed by atoms with Crippen molar-refractivity contribution in [2.75, 3.05) is 30.4 Å². The largest absolute Gasteiger partial charge is 0.322 e. The molecule has 1 saturated heterocycles. The average Bonchev–Trinajstić information content (AvgIpc) is 3.37. The van der Waals surface area contributed by atoms with Crippen LogP contribution in [0.3, 0.4) is 0 Å². The number of thiophene rings is 1. The zero-order chi connectivity index (χ0) is 22.8. The summed E-state index contributed by atoms with van der Waals surface area (Å²) in [6.07, 6.45) is 5.06. The number of nitrogens with one attached hydrogen (secondary N) is 1. The van der Waals surface area contributed by atoms with Crippen molar-refractivity contribution in [2.24, 2.45) is 0 Å². The molecule has 5 nitrogen and oxygen atoms in total. The van der Waals surface area contributed by atoms with Crippen molar-refractivity contribution in [3.05, 3.63) is 70.6 Å². The average molecular weight is 460 g/mol. The molecule has 1 N–H and O–H groups in total. The smallest absolute Gasteiger partial charge is 0.255 e. The van der Waals surface area contributed by atoms with Crippen LogP contribution in [0.1, 0.15) is 47.2 Å². The predicted octanol–water partition coefficient (Wildman–Crippen LogP) is 5.56. The molecule has 0 bridgehead atoms. The molecular formula is C27H29N3O2S. The second kappa shape index (κ2) is 9.49. The van der Waals surface area contributed by atoms with Crippen molar-refractivity contribution in [3.63, 3.8) is 0 Å². The molecule has 0 atom stereocenters. The molecule has 1 fully saturated rings. The second-order valence-electron chi connectivity index (χ2n) is 8.94. The third-order valence-corrected chi connectivity index (χ3v) is 7.59. The summed E-state index contributed by atoms with van der Waals surface area (Å²) in [6.45, 7) is 3.09. The molecule has 3 heterocycles. The normalized spacial score (nSPS) is 16.5. The standard InChI is InChI=1S/C27H29N3O2S/c1-29-24-17-22(10-7-19(24)9-12-26(29)31)28-27(32)20-8-11-23(25-6-5-15-33-25)21(16-20)18-30-13-3-2-4-14-30/h5-8,10-11,15-17H,2-4,9,12-14,18H2,1H3,(H,28,32). The van der Waals surface area contributed by atoms with E-state index in [4.69, 9.17) is 0 Å². The topological polar surface area (TPSA) is 52.7 Å². The summed E-state index contributed by atoms with van der Waals surface area (Å²) in [5, 5.41) is 5.14. The molecule has 0 saturated carbocycles. The first-order valence-electron chi connectivity index (χ1n) is 11.7. The van der Waals surface area contributed by atoms with Crippen LogP contribution < -0.4 is 10.2 Å². The Balaban J connectivity index is 1.40. The highest BCUT2D eigenvalue weighted by Gasteiger charge is 2.22. The van der Waals surface area contributed by atoms with Crippen molar-refractivity contribution in [1.82, 2.24) is 4.90 Å². The molecule has 0 aliphatic carbocycles. The van der Waals surface area contributed by atoms with Crippen molar-refractivity contribution in [1.29, 1.82) is 0 Å². The molecule has 0 spiro atoms. The van der Waals surface area contributed by atoms with Crippen LogP contribution in [0.4, 0.5) is 11.4 Å². The van der Waals surface area contributed by atoms with Crippen LogP contribution in [-0.2, 0) is 17.8 Å². The van der Waals surface area contributed by atoms with Crippen molar-refractivity contribution in [2.45, 2.75) is 38.6 Å². The number of likely N-dealkylation sites (tertiary alicyclic amines) is 1. The van der Waals surface area contributed by atoms with E-state index >= 15 is 0 Å². The number of fused-ring (bicyclic) bond motifs is 1. The number of amides is 2. The zero-order valence-electron chi connectivity index (χ0n) is 19.0. The van der Waals surface area contributed by atoms with Crippen LogP contribution in [0.5, 0.6) is 0 Å². The maximum atomic E-state index is 13.2. The molecule has 6 heteroatoms. The number of hydrogen-bond acceptors (Lipinski definition) is 4. The fraction of sp³-hybridized carbons (Fsp3) is 0.333. The summed E-state index contributed by atoms with van der Waals surface area (Å²) in [7, 11) is 1.79. The summed E-state index contributed by atoms with van der Waals surface area (Å²) < 4.78 is 0. The summed E-state index contributed by atoms with van der Waals surface area (Å²) in [5.74, 6) is -0.0186. The fourth-order valence-corrected chi connectivity index (χ4v) is 5.60. The van der Waals surface area contributed by atoms with Gasteiger partial charge in [-0.25, -0.2) is 0 Å². The Hall–Kier alpha value is -2.96. The van der Waals surface area contributed by atoms with E-state index in [0.29, 0.717) is 17.7 Å². The van der Waals surface area contributed by atoms with Gasteiger partial charge < -0.3 is 10.2 Å². The third kappa shape index (κ3) is 4.72. The number of rotatable bonds is 5. The van der Waals surface area contributed by atoms with E-state index in [1.807, 2.05) is 30.3 Å². The van der Waals surface area contributed by atoms with Crippen LogP contribution in [0.25, 0.3) is 10.4 Å². The number of benzene rings is 2. The second-order valence-corrected chi connectivity index (χ2v) is 9.88. The highest BCUT2D eigenvalue weighted by molar-refractivity contribution is 7.13. The van der Waals surface area contributed by atoms with E-state index in [1.165, 1.54) is 35.3 Å². The van der Waals surface area contributed by atoms with Gasteiger partial charge in [0.15, 0.2) is 0 Å². The number of piperidine rings is 1. The van der Waals surface area contributed by atoms with Gasteiger partial charge in [0, 0.05) is 41.8 Å². The number of aryl methyl sites for hydroxylation is 1. The Morgan fingerprint density at radius 1 is 1.03 bits per heavy atom. The number of hydrogen-bond donors (Lipinski definition) is 1. The van der Waals surface area contributed by atoms with Crippen molar-refractivity contribution < 1.29 is 9.59 Å². The lowest BCUT2D eigenvalue weighted by molar-refractivity contribution is -0.118. The van der Waals surface area contributed by atoms with Crippen LogP contribution in [0, 0.1) is 0 Å². The highest BCUT2D eigenvalue weighted by Crippen LogP contribution is 2.32. The van der Waals surface area contributed by atoms with E-state index < -0.39 is 0 Å². The Labute approximate surface area is 199 Å². The monoisotopic (exact) mass is 459 g/mol. The van der Waals surface area contributed by atoms with Gasteiger partial charge in [0.05, 0.1) is 0 Å². The van der Waals surface area contributed by atoms with Gasteiger partial charge in [-0.3, -0.25) is 14.5 Å². The van der Waals surface area contributed by atoms with E-state index in [2.05, 4.69) is 33.8 Å². The maximum Gasteiger partial charge on any atom is 0.255 e. The quantitative estimate of drug-likeness (QED) is 0.543. The molecule has 0 radical (unpaired) electrons. The minimum absolute atomic E-state index is 0.109. The number of carbonyl (C=O) groups excluding carboxylic acids is 2. The van der Waals surface area contributed by atoms with Gasteiger partial charge in [0.2, 0.25) is 5.91 Å². The molecule has 1 aromatic heterocycles. The van der Waals surface area contributed by atoms with Gasteiger partial charge in [-0.05, 0) is 84.8 Å². The van der Waals surface area contributed by atoms with E-state index in [0.717, 1.165) is 37.3 Å². The van der Waals surface area contributed by atoms with Gasteiger partial charge in [-0.15, -0.1) is 11.3 Å². The first-order valence-corrected chi connectivity index (χ1v) is 12.6. The van der Waals surface area contributed by atoms with Crippen molar-refractivity contribution in [3.8, 4) is 10.4 Å². The molecule has 170 valence electrons. The maximum absolute atomic E-state index is 13.2. The van der Waals surface area contributed by atoms with Gasteiger partial charge in [0.1, 0.15) is 0 Å². The molecule has 2 aliphatic heterocycles. The molecule has 33 heavy (non-hydrogen) atoms. The Kier molecular flexibility index (Phi) is 6.29. The Morgan fingerprint density at radius 3 is 2.67 bits per heavy atom. The van der Waals surface area contributed by atoms with E-state index in [-0.39, 0.29) is 11.8 Å². The van der Waals surface area contributed by atoms with Gasteiger partial charge in [0.25, 0.3) is 5.91 Å². The molecule has 2 amide bonds. The summed E-state index contributed by atoms with van der Waals surface area (Å²) in [5.41, 5.74) is 5.79. The first-order chi connectivity index (χ1) is 16.1. The van der Waals surface area contributed by atoms with Gasteiger partial charge in [-0.2, -0.15) is 0 Å². The summed E-state index contributed by atoms with van der Waals surface area (Å²) in [4.78, 5) is 30.7. The Morgan fingerprint density at radius 2 is 1.88 bits per heavy atom. The minimum Gasteiger partial charge on any atom is -0.322 e. The fourth-order valence-electron chi connectivity index (χ4n) is 4.81. The lowest BCUT2D eigenvalue weighted by Crippen LogP contribution is -2.31. The Bertz CT molecular complexity index is 1170. The molecular weight excluding hydrogens is 430 g/mol. The molecule has 0 unspecified atom stereocenters. The van der Waals surface area contributed by atoms with Crippen LogP contribution in [0.2, 0.25) is 0 Å². The molecule has 2 aromatic carbocycles. The summed E-state index contributed by atoms with van der Waals surface area (Å²) >= 11 is 1.73. The van der Waals surface area contributed by atoms with E-state index in [9.17, 15) is 9.59 Å². The molecule has 5 rings (SSSR count). The lowest BCUT2D eigenvalue weighted by Gasteiger charge is -2.27. The zero-order valence-corrected chi connectivity index (χ0v) is 19.8. The van der Waals surface area contributed by atoms with Crippen LogP contribution in [0.15, 0.2) is 53.9 Å². The van der Waals surface area contributed by atoms with Crippen LogP contribution >= 0.6 is 11.3 Å². The number of carbonyl (C=O) groups is 2. The number of anilines is 2. The van der Waals surface area contributed by atoms with Gasteiger partial charge in [-0.1, -0.05) is 24.6 Å². The summed E-state index contributed by atoms with van der Waals surface area (Å²) in [6, 6.07) is 16.1. The number of nitrogens with zero attached hydrogens (tertiary/aromatic N) is 2. The highest BCUT2D eigenvalue weighted by atomic mass is 32.1. The lowest BCUT2D eigenvalue weighted by atomic mass is 10.00. The first kappa shape index (κ1) is 21.9. The SMILES string of the molecule is CN1C(=O)CCc2ccc(NC(=O)c3ccc(-c4cccs4)c(CN4CCCCC4)c3)cc21. The molecule has 3 aromatic rings. The third-order valence-electron chi connectivity index (χ3n) is 6.68. The van der Waals surface area contributed by atoms with Gasteiger partial charge >= 0.3 is 0 Å². The van der Waals surface area contributed by atoms with E-state index in [1.54, 1.807) is 23.3 Å². The molecule has 2 aliphatic rings.